The van der Waals surface area contributed by atoms with Crippen molar-refractivity contribution in [3.05, 3.63) is 97.2 Å². The second-order valence-electron chi connectivity index (χ2n) is 7.16. The topological polar surface area (TPSA) is 112 Å². The van der Waals surface area contributed by atoms with Crippen LogP contribution in [0.5, 0.6) is 5.75 Å². The number of phenolic OH excluding ortho intramolecular Hbond substituents is 1. The average molecular weight is 404 g/mol. The highest BCUT2D eigenvalue weighted by Gasteiger charge is 2.20. The van der Waals surface area contributed by atoms with Gasteiger partial charge in [0.2, 0.25) is 0 Å². The van der Waals surface area contributed by atoms with E-state index in [1.807, 2.05) is 18.2 Å². The van der Waals surface area contributed by atoms with E-state index in [1.165, 1.54) is 17.7 Å². The summed E-state index contributed by atoms with van der Waals surface area (Å²) in [6.07, 6.45) is 3.86. The van der Waals surface area contributed by atoms with E-state index in [0.717, 1.165) is 18.8 Å². The summed E-state index contributed by atoms with van der Waals surface area (Å²) in [4.78, 5) is 32.4. The number of hydrogen-bond donors (Lipinski definition) is 2. The number of nitro benzene ring substituents is 1. The molecule has 1 aromatic heterocycles. The van der Waals surface area contributed by atoms with Crippen LogP contribution in [0.25, 0.3) is 12.2 Å². The maximum absolute atomic E-state index is 12.5. The summed E-state index contributed by atoms with van der Waals surface area (Å²) >= 11 is 0. The summed E-state index contributed by atoms with van der Waals surface area (Å²) in [5, 5.41) is 20.5. The highest BCUT2D eigenvalue weighted by Crippen LogP contribution is 2.27. The summed E-state index contributed by atoms with van der Waals surface area (Å²) in [6.45, 7) is 2.16. The quantitative estimate of drug-likeness (QED) is 0.499. The van der Waals surface area contributed by atoms with Gasteiger partial charge in [0.25, 0.3) is 5.56 Å². The lowest BCUT2D eigenvalue weighted by molar-refractivity contribution is -0.385. The van der Waals surface area contributed by atoms with Gasteiger partial charge in [-0.25, -0.2) is 4.98 Å². The molecule has 0 atom stereocenters. The van der Waals surface area contributed by atoms with Crippen LogP contribution >= 0.6 is 0 Å². The SMILES string of the molecule is O=c1[nH]c(/C=C/c2ccc(O)c([N+](=O)[O-])c2)nc2c1CCN(Cc1ccccc1)C2. The smallest absolute Gasteiger partial charge is 0.311 e. The molecule has 2 aromatic carbocycles. The summed E-state index contributed by atoms with van der Waals surface area (Å²) in [5.41, 5.74) is 2.65. The van der Waals surface area contributed by atoms with E-state index in [0.29, 0.717) is 29.9 Å². The first kappa shape index (κ1) is 19.5. The lowest BCUT2D eigenvalue weighted by atomic mass is 10.1. The Balaban J connectivity index is 1.55. The number of aromatic hydroxyl groups is 1. The van der Waals surface area contributed by atoms with Crippen molar-refractivity contribution >= 4 is 17.8 Å². The third-order valence-electron chi connectivity index (χ3n) is 5.05. The zero-order valence-electron chi connectivity index (χ0n) is 16.1. The molecular weight excluding hydrogens is 384 g/mol. The molecule has 0 saturated carbocycles. The molecule has 8 nitrogen and oxygen atoms in total. The molecule has 0 saturated heterocycles. The number of hydrogen-bond acceptors (Lipinski definition) is 6. The molecule has 1 aliphatic heterocycles. The molecule has 0 bridgehead atoms. The third-order valence-corrected chi connectivity index (χ3v) is 5.05. The molecule has 2 heterocycles. The van der Waals surface area contributed by atoms with Gasteiger partial charge in [0.15, 0.2) is 5.75 Å². The van der Waals surface area contributed by atoms with Crippen molar-refractivity contribution in [3.63, 3.8) is 0 Å². The first-order chi connectivity index (χ1) is 14.5. The van der Waals surface area contributed by atoms with E-state index in [-0.39, 0.29) is 11.2 Å². The molecule has 3 aromatic rings. The van der Waals surface area contributed by atoms with Gasteiger partial charge < -0.3 is 10.1 Å². The van der Waals surface area contributed by atoms with Gasteiger partial charge in [-0.05, 0) is 29.7 Å². The molecule has 0 aliphatic carbocycles. The number of nitro groups is 1. The van der Waals surface area contributed by atoms with Crippen molar-refractivity contribution in [1.29, 1.82) is 0 Å². The fourth-order valence-corrected chi connectivity index (χ4v) is 3.53. The van der Waals surface area contributed by atoms with E-state index in [4.69, 9.17) is 0 Å². The van der Waals surface area contributed by atoms with Crippen molar-refractivity contribution in [2.24, 2.45) is 0 Å². The number of nitrogens with one attached hydrogen (secondary N) is 1. The first-order valence-electron chi connectivity index (χ1n) is 9.53. The van der Waals surface area contributed by atoms with Crippen molar-refractivity contribution in [1.82, 2.24) is 14.9 Å². The van der Waals surface area contributed by atoms with E-state index in [1.54, 1.807) is 18.2 Å². The highest BCUT2D eigenvalue weighted by molar-refractivity contribution is 5.69. The summed E-state index contributed by atoms with van der Waals surface area (Å²) in [6, 6.07) is 14.2. The third kappa shape index (κ3) is 4.28. The van der Waals surface area contributed by atoms with Crippen molar-refractivity contribution in [2.45, 2.75) is 19.5 Å². The highest BCUT2D eigenvalue weighted by atomic mass is 16.6. The second kappa shape index (κ2) is 8.30. The predicted octanol–water partition coefficient (Wildman–Crippen LogP) is 3.11. The molecule has 4 rings (SSSR count). The molecule has 8 heteroatoms. The maximum atomic E-state index is 12.5. The van der Waals surface area contributed by atoms with Crippen LogP contribution in [0.15, 0.2) is 53.3 Å². The Morgan fingerprint density at radius 1 is 1.20 bits per heavy atom. The van der Waals surface area contributed by atoms with Gasteiger partial charge in [0, 0.05) is 31.3 Å². The predicted molar refractivity (Wildman–Crippen MR) is 113 cm³/mol. The Bertz CT molecular complexity index is 1170. The fraction of sp³-hybridized carbons (Fsp3) is 0.182. The van der Waals surface area contributed by atoms with Gasteiger partial charge in [0.1, 0.15) is 5.82 Å². The van der Waals surface area contributed by atoms with Gasteiger partial charge in [-0.15, -0.1) is 0 Å². The van der Waals surface area contributed by atoms with Crippen LogP contribution in [-0.4, -0.2) is 31.4 Å². The van der Waals surface area contributed by atoms with Crippen LogP contribution in [-0.2, 0) is 19.5 Å². The number of benzene rings is 2. The zero-order valence-corrected chi connectivity index (χ0v) is 16.1. The number of rotatable bonds is 5. The molecule has 0 unspecified atom stereocenters. The first-order valence-corrected chi connectivity index (χ1v) is 9.53. The maximum Gasteiger partial charge on any atom is 0.311 e. The molecule has 0 fully saturated rings. The van der Waals surface area contributed by atoms with Gasteiger partial charge in [-0.1, -0.05) is 42.5 Å². The Labute approximate surface area is 172 Å². The van der Waals surface area contributed by atoms with Crippen molar-refractivity contribution in [2.75, 3.05) is 6.54 Å². The summed E-state index contributed by atoms with van der Waals surface area (Å²) in [5.74, 6) is -0.00740. The summed E-state index contributed by atoms with van der Waals surface area (Å²) in [7, 11) is 0. The van der Waals surface area contributed by atoms with Gasteiger partial charge in [-0.2, -0.15) is 0 Å². The Kier molecular flexibility index (Phi) is 5.40. The number of fused-ring (bicyclic) bond motifs is 1. The Hall–Kier alpha value is -3.78. The van der Waals surface area contributed by atoms with Crippen molar-refractivity contribution < 1.29 is 10.0 Å². The molecule has 2 N–H and O–H groups in total. The van der Waals surface area contributed by atoms with Crippen LogP contribution in [0.2, 0.25) is 0 Å². The molecule has 0 spiro atoms. The van der Waals surface area contributed by atoms with Crippen LogP contribution in [0, 0.1) is 10.1 Å². The minimum atomic E-state index is -0.646. The minimum Gasteiger partial charge on any atom is -0.502 e. The molecule has 152 valence electrons. The van der Waals surface area contributed by atoms with Crippen LogP contribution in [0.4, 0.5) is 5.69 Å². The van der Waals surface area contributed by atoms with Gasteiger partial charge >= 0.3 is 5.69 Å². The summed E-state index contributed by atoms with van der Waals surface area (Å²) < 4.78 is 0. The van der Waals surface area contributed by atoms with Crippen molar-refractivity contribution in [3.8, 4) is 5.75 Å². The average Bonchev–Trinajstić information content (AvgIpc) is 2.73. The van der Waals surface area contributed by atoms with E-state index < -0.39 is 10.7 Å². The monoisotopic (exact) mass is 404 g/mol. The van der Waals surface area contributed by atoms with Crippen LogP contribution in [0.1, 0.15) is 28.2 Å². The van der Waals surface area contributed by atoms with Gasteiger partial charge in [-0.3, -0.25) is 19.8 Å². The standard InChI is InChI=1S/C22H20N4O4/c27-20-8-6-15(12-19(20)26(29)30)7-9-21-23-18-14-25(11-10-17(18)22(28)24-21)13-16-4-2-1-3-5-16/h1-9,12,27H,10-11,13-14H2,(H,23,24,28)/b9-7+. The lowest BCUT2D eigenvalue weighted by Gasteiger charge is -2.27. The number of phenols is 1. The zero-order chi connectivity index (χ0) is 21.1. The molecule has 0 radical (unpaired) electrons. The second-order valence-corrected chi connectivity index (χ2v) is 7.16. The molecule has 0 amide bonds. The van der Waals surface area contributed by atoms with E-state index in [9.17, 15) is 20.0 Å². The Morgan fingerprint density at radius 3 is 2.77 bits per heavy atom. The number of aromatic amines is 1. The molecule has 1 aliphatic rings. The number of nitrogens with zero attached hydrogens (tertiary/aromatic N) is 3. The lowest BCUT2D eigenvalue weighted by Crippen LogP contribution is -2.35. The van der Waals surface area contributed by atoms with E-state index >= 15 is 0 Å². The van der Waals surface area contributed by atoms with Crippen LogP contribution < -0.4 is 5.56 Å². The largest absolute Gasteiger partial charge is 0.502 e. The normalized spacial score (nSPS) is 14.0. The van der Waals surface area contributed by atoms with Gasteiger partial charge in [0.05, 0.1) is 10.6 Å². The Morgan fingerprint density at radius 2 is 2.00 bits per heavy atom. The van der Waals surface area contributed by atoms with E-state index in [2.05, 4.69) is 27.0 Å². The molecule has 30 heavy (non-hydrogen) atoms. The number of H-pyrrole nitrogens is 1. The van der Waals surface area contributed by atoms with Crippen LogP contribution in [0.3, 0.4) is 0 Å². The minimum absolute atomic E-state index is 0.157. The number of aromatic nitrogens is 2. The fourth-order valence-electron chi connectivity index (χ4n) is 3.53. The molecular formula is C22H20N4O4.